The maximum Gasteiger partial charge on any atom is 0.226 e. The highest BCUT2D eigenvalue weighted by atomic mass is 16.5. The van der Waals surface area contributed by atoms with E-state index in [-0.39, 0.29) is 5.91 Å². The number of guanidine groups is 1. The highest BCUT2D eigenvalue weighted by Gasteiger charge is 2.19. The number of piperidine rings is 1. The van der Waals surface area contributed by atoms with Gasteiger partial charge in [0.25, 0.3) is 0 Å². The summed E-state index contributed by atoms with van der Waals surface area (Å²) < 4.78 is 11.4. The molecule has 2 aliphatic heterocycles. The third-order valence-electron chi connectivity index (χ3n) is 5.27. The van der Waals surface area contributed by atoms with Gasteiger partial charge in [0.05, 0.1) is 13.2 Å². The molecule has 1 saturated heterocycles. The quantitative estimate of drug-likeness (QED) is 0.598. The van der Waals surface area contributed by atoms with E-state index >= 15 is 0 Å². The number of carbonyl (C=O) groups excluding carboxylic acids is 1. The molecular formula is C23H28N4O3. The van der Waals surface area contributed by atoms with Gasteiger partial charge in [-0.2, -0.15) is 0 Å². The summed E-state index contributed by atoms with van der Waals surface area (Å²) in [6.07, 6.45) is 3.58. The van der Waals surface area contributed by atoms with Crippen LogP contribution in [0.15, 0.2) is 47.5 Å². The fourth-order valence-electron chi connectivity index (χ4n) is 3.62. The molecular weight excluding hydrogens is 380 g/mol. The first kappa shape index (κ1) is 20.1. The van der Waals surface area contributed by atoms with Gasteiger partial charge in [-0.05, 0) is 42.7 Å². The Hall–Kier alpha value is -3.22. The van der Waals surface area contributed by atoms with Crippen LogP contribution in [0, 0.1) is 0 Å². The summed E-state index contributed by atoms with van der Waals surface area (Å²) in [5, 5.41) is 6.61. The van der Waals surface area contributed by atoms with Crippen molar-refractivity contribution in [1.29, 1.82) is 0 Å². The number of nitrogens with one attached hydrogen (secondary N) is 2. The van der Waals surface area contributed by atoms with E-state index in [9.17, 15) is 4.79 Å². The normalized spacial score (nSPS) is 16.8. The second kappa shape index (κ2) is 9.52. The molecule has 4 rings (SSSR count). The van der Waals surface area contributed by atoms with Crippen molar-refractivity contribution in [1.82, 2.24) is 5.32 Å². The number of rotatable bonds is 4. The molecule has 7 nitrogen and oxygen atoms in total. The number of aliphatic imine (C=N–C) groups is 1. The molecule has 2 heterocycles. The minimum absolute atomic E-state index is 0.215. The zero-order valence-corrected chi connectivity index (χ0v) is 17.3. The van der Waals surface area contributed by atoms with E-state index < -0.39 is 0 Å². The van der Waals surface area contributed by atoms with Gasteiger partial charge in [0.15, 0.2) is 17.5 Å². The van der Waals surface area contributed by atoms with E-state index in [1.54, 1.807) is 7.05 Å². The first-order valence-corrected chi connectivity index (χ1v) is 10.5. The van der Waals surface area contributed by atoms with Crippen molar-refractivity contribution in [3.05, 3.63) is 48.0 Å². The maximum atomic E-state index is 12.1. The lowest BCUT2D eigenvalue weighted by Gasteiger charge is -2.26. The molecule has 0 unspecified atom stereocenters. The molecule has 2 aromatic rings. The fraction of sp³-hybridized carbons (Fsp3) is 0.391. The molecule has 0 atom stereocenters. The Balaban J connectivity index is 1.34. The molecule has 0 aromatic heterocycles. The molecule has 0 radical (unpaired) electrons. The smallest absolute Gasteiger partial charge is 0.226 e. The van der Waals surface area contributed by atoms with Crippen LogP contribution in [-0.2, 0) is 11.3 Å². The molecule has 2 N–H and O–H groups in total. The predicted molar refractivity (Wildman–Crippen MR) is 119 cm³/mol. The van der Waals surface area contributed by atoms with Gasteiger partial charge in [-0.15, -0.1) is 0 Å². The summed E-state index contributed by atoms with van der Waals surface area (Å²) in [6, 6.07) is 13.9. The van der Waals surface area contributed by atoms with Gasteiger partial charge < -0.3 is 25.0 Å². The Morgan fingerprint density at radius 2 is 1.83 bits per heavy atom. The molecule has 1 amide bonds. The zero-order valence-electron chi connectivity index (χ0n) is 17.3. The van der Waals surface area contributed by atoms with Crippen molar-refractivity contribution in [2.24, 2.45) is 4.99 Å². The predicted octanol–water partition coefficient (Wildman–Crippen LogP) is 3.55. The summed E-state index contributed by atoms with van der Waals surface area (Å²) in [6.45, 7) is 2.76. The largest absolute Gasteiger partial charge is 0.490 e. The number of hydrogen-bond donors (Lipinski definition) is 2. The van der Waals surface area contributed by atoms with Crippen LogP contribution in [0.25, 0.3) is 0 Å². The van der Waals surface area contributed by atoms with E-state index in [2.05, 4.69) is 15.6 Å². The molecule has 0 aliphatic carbocycles. The lowest BCUT2D eigenvalue weighted by Crippen LogP contribution is -2.35. The fourth-order valence-corrected chi connectivity index (χ4v) is 3.62. The van der Waals surface area contributed by atoms with E-state index in [1.807, 2.05) is 47.4 Å². The van der Waals surface area contributed by atoms with Gasteiger partial charge in [0.1, 0.15) is 0 Å². The summed E-state index contributed by atoms with van der Waals surface area (Å²) >= 11 is 0. The molecule has 2 aliphatic rings. The van der Waals surface area contributed by atoms with Gasteiger partial charge in [-0.25, -0.2) is 0 Å². The molecule has 1 fully saturated rings. The number of carbonyl (C=O) groups is 1. The standard InChI is InChI=1S/C23H28N4O3/c1-24-23(26-18-8-11-20-21(15-18)30-14-4-13-29-20)25-16-17-6-9-19(10-7-17)27-12-3-2-5-22(27)28/h6-11,15H,2-5,12-14,16H2,1H3,(H2,24,25,26). The average Bonchev–Trinajstić information content (AvgIpc) is 3.02. The number of fused-ring (bicyclic) bond motifs is 1. The van der Waals surface area contributed by atoms with Crippen LogP contribution in [0.3, 0.4) is 0 Å². The molecule has 158 valence electrons. The van der Waals surface area contributed by atoms with Crippen molar-refractivity contribution in [2.75, 3.05) is 37.0 Å². The Kier molecular flexibility index (Phi) is 6.37. The van der Waals surface area contributed by atoms with Crippen LogP contribution in [0.5, 0.6) is 11.5 Å². The van der Waals surface area contributed by atoms with Crippen LogP contribution < -0.4 is 25.0 Å². The Bertz CT molecular complexity index is 911. The topological polar surface area (TPSA) is 75.2 Å². The number of hydrogen-bond acceptors (Lipinski definition) is 4. The Morgan fingerprint density at radius 3 is 2.60 bits per heavy atom. The maximum absolute atomic E-state index is 12.1. The highest BCUT2D eigenvalue weighted by Crippen LogP contribution is 2.32. The third kappa shape index (κ3) is 4.84. The van der Waals surface area contributed by atoms with Crippen molar-refractivity contribution < 1.29 is 14.3 Å². The molecule has 0 spiro atoms. The minimum Gasteiger partial charge on any atom is -0.490 e. The van der Waals surface area contributed by atoms with E-state index in [1.165, 1.54) is 0 Å². The minimum atomic E-state index is 0.215. The van der Waals surface area contributed by atoms with E-state index in [4.69, 9.17) is 9.47 Å². The second-order valence-corrected chi connectivity index (χ2v) is 7.43. The number of amides is 1. The number of nitrogens with zero attached hydrogens (tertiary/aromatic N) is 2. The average molecular weight is 409 g/mol. The number of anilines is 2. The molecule has 0 saturated carbocycles. The summed E-state index contributed by atoms with van der Waals surface area (Å²) in [4.78, 5) is 18.3. The molecule has 30 heavy (non-hydrogen) atoms. The molecule has 0 bridgehead atoms. The van der Waals surface area contributed by atoms with Crippen molar-refractivity contribution in [3.63, 3.8) is 0 Å². The highest BCUT2D eigenvalue weighted by molar-refractivity contribution is 5.94. The van der Waals surface area contributed by atoms with Crippen molar-refractivity contribution >= 4 is 23.2 Å². The van der Waals surface area contributed by atoms with Crippen LogP contribution in [0.4, 0.5) is 11.4 Å². The van der Waals surface area contributed by atoms with Crippen molar-refractivity contribution in [2.45, 2.75) is 32.2 Å². The Morgan fingerprint density at radius 1 is 1.03 bits per heavy atom. The van der Waals surface area contributed by atoms with Gasteiger partial charge in [0.2, 0.25) is 5.91 Å². The number of ether oxygens (including phenoxy) is 2. The van der Waals surface area contributed by atoms with Crippen LogP contribution in [0.2, 0.25) is 0 Å². The summed E-state index contributed by atoms with van der Waals surface area (Å²) in [7, 11) is 1.74. The number of benzene rings is 2. The SMILES string of the molecule is CN=C(NCc1ccc(N2CCCCC2=O)cc1)Nc1ccc2c(c1)OCCCO2. The van der Waals surface area contributed by atoms with Gasteiger partial charge in [-0.3, -0.25) is 9.79 Å². The molecule has 2 aromatic carbocycles. The van der Waals surface area contributed by atoms with Gasteiger partial charge in [-0.1, -0.05) is 12.1 Å². The van der Waals surface area contributed by atoms with E-state index in [0.717, 1.165) is 54.2 Å². The first-order valence-electron chi connectivity index (χ1n) is 10.5. The molecule has 7 heteroatoms. The van der Waals surface area contributed by atoms with Crippen LogP contribution in [-0.4, -0.2) is 38.7 Å². The van der Waals surface area contributed by atoms with Crippen molar-refractivity contribution in [3.8, 4) is 11.5 Å². The zero-order chi connectivity index (χ0) is 20.8. The van der Waals surface area contributed by atoms with Gasteiger partial charge >= 0.3 is 0 Å². The van der Waals surface area contributed by atoms with E-state index in [0.29, 0.717) is 32.1 Å². The third-order valence-corrected chi connectivity index (χ3v) is 5.27. The first-order chi connectivity index (χ1) is 14.7. The summed E-state index contributed by atoms with van der Waals surface area (Å²) in [5.41, 5.74) is 2.97. The Labute approximate surface area is 177 Å². The van der Waals surface area contributed by atoms with Gasteiger partial charge in [0, 0.05) is 50.4 Å². The lowest BCUT2D eigenvalue weighted by molar-refractivity contribution is -0.119. The van der Waals surface area contributed by atoms with Crippen LogP contribution >= 0.6 is 0 Å². The summed E-state index contributed by atoms with van der Waals surface area (Å²) in [5.74, 6) is 2.40. The van der Waals surface area contributed by atoms with Crippen LogP contribution in [0.1, 0.15) is 31.2 Å². The lowest BCUT2D eigenvalue weighted by atomic mass is 10.1. The second-order valence-electron chi connectivity index (χ2n) is 7.43. The monoisotopic (exact) mass is 408 g/mol.